The number of carbonyl (C=O) groups is 5. The van der Waals surface area contributed by atoms with Crippen molar-refractivity contribution in [2.24, 2.45) is 5.92 Å². The number of esters is 2. The minimum Gasteiger partial charge on any atom is -0.459 e. The zero-order chi connectivity index (χ0) is 30.6. The zero-order valence-electron chi connectivity index (χ0n) is 24.4. The van der Waals surface area contributed by atoms with Crippen LogP contribution in [0.2, 0.25) is 0 Å². The van der Waals surface area contributed by atoms with E-state index in [4.69, 9.17) is 14.2 Å². The summed E-state index contributed by atoms with van der Waals surface area (Å²) >= 11 is 0. The number of pyridine rings is 1. The lowest BCUT2D eigenvalue weighted by Crippen LogP contribution is -2.48. The first kappa shape index (κ1) is 32.9. The highest BCUT2D eigenvalue weighted by Gasteiger charge is 2.53. The fourth-order valence-corrected chi connectivity index (χ4v) is 5.25. The van der Waals surface area contributed by atoms with Crippen molar-refractivity contribution in [1.29, 1.82) is 0 Å². The van der Waals surface area contributed by atoms with Gasteiger partial charge < -0.3 is 19.5 Å². The summed E-state index contributed by atoms with van der Waals surface area (Å²) in [6, 6.07) is 3.16. The molecule has 12 nitrogen and oxygen atoms in total. The lowest BCUT2D eigenvalue weighted by atomic mass is 9.97. The van der Waals surface area contributed by atoms with Crippen molar-refractivity contribution in [3.8, 4) is 0 Å². The van der Waals surface area contributed by atoms with Gasteiger partial charge in [-0.15, -0.1) is 0 Å². The summed E-state index contributed by atoms with van der Waals surface area (Å²) in [4.78, 5) is 70.0. The van der Waals surface area contributed by atoms with E-state index in [1.54, 1.807) is 74.4 Å². The van der Waals surface area contributed by atoms with E-state index in [0.717, 1.165) is 0 Å². The Hall–Kier alpha value is -3.35. The number of imide groups is 1. The minimum absolute atomic E-state index is 0.0340. The monoisotopic (exact) mass is 581 g/mol. The summed E-state index contributed by atoms with van der Waals surface area (Å²) in [5.41, 5.74) is -2.72. The molecule has 0 saturated carbocycles. The lowest BCUT2D eigenvalue weighted by Gasteiger charge is -2.27. The van der Waals surface area contributed by atoms with Crippen molar-refractivity contribution >= 4 is 40.6 Å². The SMILES string of the molecule is CC(C)(C)OC(=O)CN1C(=O)C(C[C@H](NC(=O)OC(C)(C)C)C(=O)OC(C)(C)C)C(S(=O)c2ccccn2)C1=O. The van der Waals surface area contributed by atoms with E-state index in [-0.39, 0.29) is 5.03 Å². The number of hydrogen-bond acceptors (Lipinski definition) is 10. The predicted molar refractivity (Wildman–Crippen MR) is 144 cm³/mol. The molecule has 0 aromatic carbocycles. The number of amides is 3. The number of rotatable bonds is 8. The van der Waals surface area contributed by atoms with Gasteiger partial charge in [-0.2, -0.15) is 0 Å². The molecule has 13 heteroatoms. The third kappa shape index (κ3) is 9.68. The Labute approximate surface area is 237 Å². The van der Waals surface area contributed by atoms with Crippen LogP contribution in [0.5, 0.6) is 0 Å². The van der Waals surface area contributed by atoms with Gasteiger partial charge in [-0.25, -0.2) is 14.6 Å². The van der Waals surface area contributed by atoms with Gasteiger partial charge >= 0.3 is 18.0 Å². The molecule has 0 bridgehead atoms. The predicted octanol–water partition coefficient (Wildman–Crippen LogP) is 2.51. The number of alkyl carbamates (subject to hydrolysis) is 1. The first-order chi connectivity index (χ1) is 18.2. The molecule has 222 valence electrons. The summed E-state index contributed by atoms with van der Waals surface area (Å²) in [5, 5.41) is 0.964. The summed E-state index contributed by atoms with van der Waals surface area (Å²) in [5.74, 6) is -4.82. The van der Waals surface area contributed by atoms with Gasteiger partial charge in [0.05, 0.1) is 16.7 Å². The van der Waals surface area contributed by atoms with Crippen molar-refractivity contribution in [2.45, 2.75) is 102 Å². The second-order valence-electron chi connectivity index (χ2n) is 12.3. The summed E-state index contributed by atoms with van der Waals surface area (Å²) in [6.45, 7) is 14.0. The molecule has 1 aromatic rings. The average Bonchev–Trinajstić information content (AvgIpc) is 2.99. The Morgan fingerprint density at radius 2 is 1.50 bits per heavy atom. The van der Waals surface area contributed by atoms with Crippen LogP contribution in [0.1, 0.15) is 68.7 Å². The van der Waals surface area contributed by atoms with Gasteiger partial charge in [0.15, 0.2) is 0 Å². The molecule has 1 saturated heterocycles. The van der Waals surface area contributed by atoms with Crippen molar-refractivity contribution in [3.05, 3.63) is 24.4 Å². The van der Waals surface area contributed by atoms with Crippen LogP contribution in [0.4, 0.5) is 4.79 Å². The van der Waals surface area contributed by atoms with Crippen LogP contribution in [-0.2, 0) is 44.2 Å². The van der Waals surface area contributed by atoms with Crippen LogP contribution in [0.15, 0.2) is 29.4 Å². The molecule has 1 N–H and O–H groups in total. The number of aromatic nitrogens is 1. The van der Waals surface area contributed by atoms with E-state index in [0.29, 0.717) is 4.90 Å². The van der Waals surface area contributed by atoms with Crippen molar-refractivity contribution < 1.29 is 42.4 Å². The second-order valence-corrected chi connectivity index (χ2v) is 13.8. The number of ether oxygens (including phenoxy) is 3. The lowest BCUT2D eigenvalue weighted by molar-refractivity contribution is -0.161. The van der Waals surface area contributed by atoms with Gasteiger partial charge in [-0.05, 0) is 80.9 Å². The maximum Gasteiger partial charge on any atom is 0.408 e. The molecule has 1 aromatic heterocycles. The van der Waals surface area contributed by atoms with Gasteiger partial charge in [0.25, 0.3) is 0 Å². The van der Waals surface area contributed by atoms with Gasteiger partial charge in [-0.3, -0.25) is 23.5 Å². The molecule has 1 aliphatic rings. The van der Waals surface area contributed by atoms with E-state index in [2.05, 4.69) is 10.3 Å². The summed E-state index contributed by atoms with van der Waals surface area (Å²) in [6.07, 6.45) is -0.0180. The average molecular weight is 582 g/mol. The molecule has 1 fully saturated rings. The first-order valence-electron chi connectivity index (χ1n) is 12.8. The van der Waals surface area contributed by atoms with Crippen LogP contribution in [0, 0.1) is 5.92 Å². The largest absolute Gasteiger partial charge is 0.459 e. The molecule has 0 aliphatic carbocycles. The van der Waals surface area contributed by atoms with E-state index in [1.165, 1.54) is 12.3 Å². The van der Waals surface area contributed by atoms with Crippen molar-refractivity contribution in [3.63, 3.8) is 0 Å². The van der Waals surface area contributed by atoms with Crippen LogP contribution >= 0.6 is 0 Å². The molecule has 3 unspecified atom stereocenters. The molecule has 3 amide bonds. The molecular formula is C27H39N3O9S. The normalized spacial score (nSPS) is 19.6. The topological polar surface area (TPSA) is 158 Å². The highest BCUT2D eigenvalue weighted by molar-refractivity contribution is 7.86. The molecular weight excluding hydrogens is 542 g/mol. The molecule has 40 heavy (non-hydrogen) atoms. The van der Waals surface area contributed by atoms with Gasteiger partial charge in [0, 0.05) is 6.20 Å². The van der Waals surface area contributed by atoms with Gasteiger partial charge in [-0.1, -0.05) is 6.07 Å². The highest BCUT2D eigenvalue weighted by atomic mass is 32.2. The smallest absolute Gasteiger partial charge is 0.408 e. The summed E-state index contributed by atoms with van der Waals surface area (Å²) in [7, 11) is -2.14. The van der Waals surface area contributed by atoms with Crippen molar-refractivity contribution in [1.82, 2.24) is 15.2 Å². The number of hydrogen-bond donors (Lipinski definition) is 1. The maximum absolute atomic E-state index is 13.6. The number of nitrogens with one attached hydrogen (secondary N) is 1. The Morgan fingerprint density at radius 3 is 2.00 bits per heavy atom. The quantitative estimate of drug-likeness (QED) is 0.275. The Kier molecular flexibility index (Phi) is 10.2. The van der Waals surface area contributed by atoms with Crippen LogP contribution < -0.4 is 5.32 Å². The third-order valence-corrected chi connectivity index (χ3v) is 6.76. The van der Waals surface area contributed by atoms with Crippen molar-refractivity contribution in [2.75, 3.05) is 6.54 Å². The van der Waals surface area contributed by atoms with E-state index in [1.807, 2.05) is 0 Å². The van der Waals surface area contributed by atoms with Gasteiger partial charge in [0.1, 0.15) is 39.7 Å². The highest BCUT2D eigenvalue weighted by Crippen LogP contribution is 2.32. The van der Waals surface area contributed by atoms with E-state index < -0.39 is 87.6 Å². The molecule has 1 aliphatic heterocycles. The Morgan fingerprint density at radius 1 is 0.925 bits per heavy atom. The van der Waals surface area contributed by atoms with Crippen LogP contribution in [0.3, 0.4) is 0 Å². The molecule has 4 atom stereocenters. The molecule has 2 rings (SSSR count). The maximum atomic E-state index is 13.6. The molecule has 0 spiro atoms. The number of nitrogens with zero attached hydrogens (tertiary/aromatic N) is 2. The third-order valence-electron chi connectivity index (χ3n) is 5.11. The number of carbonyl (C=O) groups excluding carboxylic acids is 5. The first-order valence-corrected chi connectivity index (χ1v) is 14.0. The zero-order valence-corrected chi connectivity index (χ0v) is 25.2. The van der Waals surface area contributed by atoms with E-state index in [9.17, 15) is 28.2 Å². The molecule has 0 radical (unpaired) electrons. The second kappa shape index (κ2) is 12.4. The standard InChI is InChI=1S/C27H39N3O9S/c1-25(2,3)37-19(31)15-30-21(32)16(20(22(30)33)40(36)18-12-10-11-13-28-18)14-17(23(34)38-26(4,5)6)29-24(35)39-27(7,8)9/h10-13,16-17,20H,14-15H2,1-9H3,(H,29,35)/t16?,17-,20?,40?/m0/s1. The number of likely N-dealkylation sites (tertiary alicyclic amines) is 1. The summed E-state index contributed by atoms with van der Waals surface area (Å²) < 4.78 is 29.6. The van der Waals surface area contributed by atoms with E-state index >= 15 is 0 Å². The molecule has 2 heterocycles. The van der Waals surface area contributed by atoms with Gasteiger partial charge in [0.2, 0.25) is 11.8 Å². The Bertz CT molecular complexity index is 1150. The van der Waals surface area contributed by atoms with Crippen LogP contribution in [-0.4, -0.2) is 78.6 Å². The van der Waals surface area contributed by atoms with Crippen LogP contribution in [0.25, 0.3) is 0 Å². The fourth-order valence-electron chi connectivity index (χ4n) is 3.77. The fraction of sp³-hybridized carbons (Fsp3) is 0.630. The minimum atomic E-state index is -2.14. The Balaban J connectivity index is 2.47.